The minimum Gasteiger partial charge on any atom is -0.349 e. The molecule has 0 N–H and O–H groups in total. The summed E-state index contributed by atoms with van der Waals surface area (Å²) in [6.45, 7) is 6.91. The van der Waals surface area contributed by atoms with Crippen molar-refractivity contribution in [3.8, 4) is 0 Å². The molecule has 0 amide bonds. The first kappa shape index (κ1) is 8.95. The highest BCUT2D eigenvalue weighted by atomic mass is 16.1. The van der Waals surface area contributed by atoms with Gasteiger partial charge in [0.15, 0.2) is 5.78 Å². The lowest BCUT2D eigenvalue weighted by atomic mass is 10.3. The van der Waals surface area contributed by atoms with Gasteiger partial charge in [-0.1, -0.05) is 12.7 Å². The number of rotatable bonds is 3. The molecule has 56 valence electrons. The monoisotopic (exact) mass is 139 g/mol. The zero-order valence-electron chi connectivity index (χ0n) is 6.72. The van der Waals surface area contributed by atoms with E-state index in [-0.39, 0.29) is 5.78 Å². The van der Waals surface area contributed by atoms with Gasteiger partial charge in [0.05, 0.1) is 5.70 Å². The Hall–Kier alpha value is -1.05. The van der Waals surface area contributed by atoms with Gasteiger partial charge in [-0.15, -0.1) is 0 Å². The second kappa shape index (κ2) is 3.88. The first-order valence-corrected chi connectivity index (χ1v) is 3.16. The average Bonchev–Trinajstić information content (AvgIpc) is 1.88. The number of nitrogens with zero attached hydrogens (tertiary/aromatic N) is 1. The Bertz CT molecular complexity index is 170. The van der Waals surface area contributed by atoms with Crippen molar-refractivity contribution in [3.05, 3.63) is 24.6 Å². The molecule has 0 spiro atoms. The molecule has 0 heterocycles. The van der Waals surface area contributed by atoms with Gasteiger partial charge >= 0.3 is 0 Å². The number of ketones is 1. The third-order valence-corrected chi connectivity index (χ3v) is 1.29. The number of allylic oxidation sites excluding steroid dienone is 2. The van der Waals surface area contributed by atoms with Gasteiger partial charge in [-0.05, 0) is 13.1 Å². The second-order valence-corrected chi connectivity index (χ2v) is 2.02. The molecule has 0 radical (unpaired) electrons. The maximum Gasteiger partial charge on any atom is 0.175 e. The molecule has 0 rings (SSSR count). The van der Waals surface area contributed by atoms with Gasteiger partial charge < -0.3 is 4.90 Å². The largest absolute Gasteiger partial charge is 0.349 e. The molecule has 0 aromatic heterocycles. The van der Waals surface area contributed by atoms with E-state index in [1.54, 1.807) is 24.2 Å². The zero-order chi connectivity index (χ0) is 8.15. The summed E-state index contributed by atoms with van der Waals surface area (Å²) in [5.74, 6) is 0.0601. The van der Waals surface area contributed by atoms with Gasteiger partial charge in [-0.2, -0.15) is 0 Å². The summed E-state index contributed by atoms with van der Waals surface area (Å²) in [5.41, 5.74) is 0.676. The minimum atomic E-state index is 0.0601. The van der Waals surface area contributed by atoms with E-state index in [9.17, 15) is 4.79 Å². The SMILES string of the molecule is C=CN(C)C(=CC)C(C)=O. The number of likely N-dealkylation sites (N-methyl/N-ethyl adjacent to an activating group) is 1. The average molecular weight is 139 g/mol. The summed E-state index contributed by atoms with van der Waals surface area (Å²) in [5, 5.41) is 0. The van der Waals surface area contributed by atoms with E-state index in [1.807, 2.05) is 6.92 Å². The number of carbonyl (C=O) groups is 1. The van der Waals surface area contributed by atoms with E-state index < -0.39 is 0 Å². The van der Waals surface area contributed by atoms with Crippen LogP contribution < -0.4 is 0 Å². The topological polar surface area (TPSA) is 20.3 Å². The van der Waals surface area contributed by atoms with Gasteiger partial charge in [-0.25, -0.2) is 0 Å². The molecule has 0 unspecified atom stereocenters. The molecule has 0 aliphatic carbocycles. The maximum atomic E-state index is 10.8. The van der Waals surface area contributed by atoms with Crippen LogP contribution in [0.2, 0.25) is 0 Å². The van der Waals surface area contributed by atoms with Crippen molar-refractivity contribution in [2.24, 2.45) is 0 Å². The molecule has 2 nitrogen and oxygen atoms in total. The Morgan fingerprint density at radius 1 is 1.60 bits per heavy atom. The lowest BCUT2D eigenvalue weighted by Crippen LogP contribution is -2.15. The number of Topliss-reactive ketones (excluding diaryl/α,β-unsaturated/α-hetero) is 1. The van der Waals surface area contributed by atoms with E-state index in [0.717, 1.165) is 0 Å². The van der Waals surface area contributed by atoms with Crippen LogP contribution in [0.5, 0.6) is 0 Å². The highest BCUT2D eigenvalue weighted by molar-refractivity contribution is 5.92. The van der Waals surface area contributed by atoms with E-state index in [1.165, 1.54) is 6.92 Å². The summed E-state index contributed by atoms with van der Waals surface area (Å²) < 4.78 is 0. The van der Waals surface area contributed by atoms with Crippen molar-refractivity contribution in [1.29, 1.82) is 0 Å². The number of carbonyl (C=O) groups excluding carboxylic acids is 1. The fraction of sp³-hybridized carbons (Fsp3) is 0.375. The first-order chi connectivity index (χ1) is 4.63. The molecule has 0 aliphatic rings. The standard InChI is InChI=1S/C8H13NO/c1-5-8(7(3)10)9(4)6-2/h5-6H,2H2,1,3-4H3. The molecule has 0 saturated heterocycles. The van der Waals surface area contributed by atoms with Crippen molar-refractivity contribution in [2.45, 2.75) is 13.8 Å². The molecule has 0 aromatic rings. The highest BCUT2D eigenvalue weighted by Crippen LogP contribution is 2.01. The Labute approximate surface area is 61.8 Å². The minimum absolute atomic E-state index is 0.0601. The van der Waals surface area contributed by atoms with E-state index in [2.05, 4.69) is 6.58 Å². The lowest BCUT2D eigenvalue weighted by Gasteiger charge is -2.13. The summed E-state index contributed by atoms with van der Waals surface area (Å²) >= 11 is 0. The zero-order valence-corrected chi connectivity index (χ0v) is 6.72. The fourth-order valence-electron chi connectivity index (χ4n) is 0.754. The van der Waals surface area contributed by atoms with Crippen LogP contribution in [0.1, 0.15) is 13.8 Å². The molecular formula is C8H13NO. The Morgan fingerprint density at radius 3 is 2.20 bits per heavy atom. The normalized spacial score (nSPS) is 10.9. The number of hydrogen-bond donors (Lipinski definition) is 0. The van der Waals surface area contributed by atoms with E-state index in [0.29, 0.717) is 5.70 Å². The lowest BCUT2D eigenvalue weighted by molar-refractivity contribution is -0.114. The van der Waals surface area contributed by atoms with Gasteiger partial charge in [0, 0.05) is 14.0 Å². The summed E-state index contributed by atoms with van der Waals surface area (Å²) in [6, 6.07) is 0. The van der Waals surface area contributed by atoms with Crippen LogP contribution in [0, 0.1) is 0 Å². The Morgan fingerprint density at radius 2 is 2.10 bits per heavy atom. The summed E-state index contributed by atoms with van der Waals surface area (Å²) in [4.78, 5) is 12.5. The molecule has 2 heteroatoms. The van der Waals surface area contributed by atoms with Gasteiger partial charge in [0.1, 0.15) is 0 Å². The van der Waals surface area contributed by atoms with Gasteiger partial charge in [0.25, 0.3) is 0 Å². The molecule has 0 fully saturated rings. The molecule has 10 heavy (non-hydrogen) atoms. The fourth-order valence-corrected chi connectivity index (χ4v) is 0.754. The van der Waals surface area contributed by atoms with Crippen LogP contribution in [0.25, 0.3) is 0 Å². The molecule has 0 aromatic carbocycles. The molecule has 0 saturated carbocycles. The van der Waals surface area contributed by atoms with Crippen molar-refractivity contribution < 1.29 is 4.79 Å². The van der Waals surface area contributed by atoms with E-state index >= 15 is 0 Å². The number of hydrogen-bond acceptors (Lipinski definition) is 2. The van der Waals surface area contributed by atoms with Crippen LogP contribution in [-0.4, -0.2) is 17.7 Å². The van der Waals surface area contributed by atoms with Crippen LogP contribution in [0.15, 0.2) is 24.6 Å². The Balaban J connectivity index is 4.37. The quantitative estimate of drug-likeness (QED) is 0.553. The van der Waals surface area contributed by atoms with Crippen LogP contribution in [-0.2, 0) is 4.79 Å². The van der Waals surface area contributed by atoms with Gasteiger partial charge in [0.2, 0.25) is 0 Å². The van der Waals surface area contributed by atoms with Crippen molar-refractivity contribution in [3.63, 3.8) is 0 Å². The van der Waals surface area contributed by atoms with Crippen LogP contribution in [0.4, 0.5) is 0 Å². The Kier molecular flexibility index (Phi) is 3.47. The van der Waals surface area contributed by atoms with Crippen LogP contribution in [0.3, 0.4) is 0 Å². The predicted octanol–water partition coefficient (Wildman–Crippen LogP) is 1.55. The molecule has 0 aliphatic heterocycles. The molecule has 0 bridgehead atoms. The van der Waals surface area contributed by atoms with Gasteiger partial charge in [-0.3, -0.25) is 4.79 Å². The first-order valence-electron chi connectivity index (χ1n) is 3.16. The molecular weight excluding hydrogens is 126 g/mol. The van der Waals surface area contributed by atoms with Crippen molar-refractivity contribution in [1.82, 2.24) is 4.90 Å². The van der Waals surface area contributed by atoms with Crippen molar-refractivity contribution in [2.75, 3.05) is 7.05 Å². The smallest absolute Gasteiger partial charge is 0.175 e. The summed E-state index contributed by atoms with van der Waals surface area (Å²) in [6.07, 6.45) is 3.38. The van der Waals surface area contributed by atoms with Crippen LogP contribution >= 0.6 is 0 Å². The third-order valence-electron chi connectivity index (χ3n) is 1.29. The maximum absolute atomic E-state index is 10.8. The van der Waals surface area contributed by atoms with E-state index in [4.69, 9.17) is 0 Å². The van der Waals surface area contributed by atoms with Crippen molar-refractivity contribution >= 4 is 5.78 Å². The third kappa shape index (κ3) is 2.05. The summed E-state index contributed by atoms with van der Waals surface area (Å²) in [7, 11) is 1.80. The highest BCUT2D eigenvalue weighted by Gasteiger charge is 2.03. The predicted molar refractivity (Wildman–Crippen MR) is 42.4 cm³/mol. The second-order valence-electron chi connectivity index (χ2n) is 2.02. The molecule has 0 atom stereocenters.